The van der Waals surface area contributed by atoms with Gasteiger partial charge in [-0.3, -0.25) is 9.59 Å². The molecule has 0 atom stereocenters. The largest absolute Gasteiger partial charge is 0.418 e. The topological polar surface area (TPSA) is 62.0 Å². The lowest BCUT2D eigenvalue weighted by molar-refractivity contribution is -0.136. The minimum Gasteiger partial charge on any atom is -0.373 e. The van der Waals surface area contributed by atoms with Crippen LogP contribution in [0.5, 0.6) is 0 Å². The fraction of sp³-hybridized carbons (Fsp3) is 0.143. The Morgan fingerprint density at radius 3 is 2.52 bits per heavy atom. The fourth-order valence-corrected chi connectivity index (χ4v) is 3.12. The number of aromatic amines is 1. The number of ketones is 1. The van der Waals surface area contributed by atoms with Gasteiger partial charge in [-0.05, 0) is 31.2 Å². The number of nitrogens with one attached hydrogen (secondary N) is 2. The highest BCUT2D eigenvalue weighted by Gasteiger charge is 2.34. The van der Waals surface area contributed by atoms with Crippen LogP contribution in [0, 0.1) is 11.8 Å². The molecule has 0 amide bonds. The van der Waals surface area contributed by atoms with Crippen molar-refractivity contribution >= 4 is 34.0 Å². The Balaban J connectivity index is 2.14. The standard InChI is InChI=1S/C21H14ClF3N2O2/c1-12(28)17-19(26-9-5-8-13-6-3-2-4-7-13)15-10-14(22)11-16(21(23,24)25)18(15)27-20(17)29/h2-4,6-7,10-11H,9H2,1H3,(H2,26,27,29). The van der Waals surface area contributed by atoms with E-state index >= 15 is 0 Å². The molecule has 0 bridgehead atoms. The Hall–Kier alpha value is -3.24. The predicted octanol–water partition coefficient (Wildman–Crippen LogP) is 4.87. The molecule has 3 aromatic rings. The average molecular weight is 419 g/mol. The van der Waals surface area contributed by atoms with Crippen molar-refractivity contribution in [1.29, 1.82) is 0 Å². The number of carbonyl (C=O) groups is 1. The first-order valence-electron chi connectivity index (χ1n) is 8.44. The Labute approximate surface area is 168 Å². The number of hydrogen-bond acceptors (Lipinski definition) is 3. The maximum absolute atomic E-state index is 13.4. The molecule has 1 heterocycles. The Kier molecular flexibility index (Phi) is 5.66. The van der Waals surface area contributed by atoms with Crippen molar-refractivity contribution in [1.82, 2.24) is 4.98 Å². The summed E-state index contributed by atoms with van der Waals surface area (Å²) in [6.45, 7) is 1.16. The third-order valence-electron chi connectivity index (χ3n) is 4.11. The van der Waals surface area contributed by atoms with Crippen molar-refractivity contribution in [3.8, 4) is 11.8 Å². The molecule has 0 aliphatic heterocycles. The van der Waals surface area contributed by atoms with Crippen LogP contribution in [0.25, 0.3) is 10.9 Å². The van der Waals surface area contributed by atoms with Gasteiger partial charge in [-0.2, -0.15) is 13.2 Å². The Morgan fingerprint density at radius 1 is 1.21 bits per heavy atom. The monoisotopic (exact) mass is 418 g/mol. The number of fused-ring (bicyclic) bond motifs is 1. The van der Waals surface area contributed by atoms with Crippen LogP contribution in [0.3, 0.4) is 0 Å². The summed E-state index contributed by atoms with van der Waals surface area (Å²) in [6.07, 6.45) is -4.74. The van der Waals surface area contributed by atoms with E-state index in [1.165, 1.54) is 6.07 Å². The second kappa shape index (κ2) is 8.02. The van der Waals surface area contributed by atoms with E-state index < -0.39 is 28.6 Å². The van der Waals surface area contributed by atoms with E-state index in [-0.39, 0.29) is 28.2 Å². The van der Waals surface area contributed by atoms with Crippen LogP contribution < -0.4 is 10.9 Å². The molecule has 8 heteroatoms. The van der Waals surface area contributed by atoms with Crippen LogP contribution in [0.15, 0.2) is 47.3 Å². The van der Waals surface area contributed by atoms with Crippen molar-refractivity contribution < 1.29 is 18.0 Å². The highest BCUT2D eigenvalue weighted by molar-refractivity contribution is 6.31. The molecule has 2 N–H and O–H groups in total. The summed E-state index contributed by atoms with van der Waals surface area (Å²) >= 11 is 5.88. The normalized spacial score (nSPS) is 11.1. The highest BCUT2D eigenvalue weighted by Crippen LogP contribution is 2.38. The summed E-state index contributed by atoms with van der Waals surface area (Å²) in [5, 5.41) is 2.62. The zero-order valence-electron chi connectivity index (χ0n) is 15.1. The average Bonchev–Trinajstić information content (AvgIpc) is 2.64. The van der Waals surface area contributed by atoms with Crippen LogP contribution in [0.4, 0.5) is 18.9 Å². The molecule has 1 aromatic heterocycles. The molecule has 0 unspecified atom stereocenters. The van der Waals surface area contributed by atoms with Crippen molar-refractivity contribution in [3.05, 3.63) is 74.5 Å². The number of benzene rings is 2. The number of pyridine rings is 1. The van der Waals surface area contributed by atoms with E-state index in [0.29, 0.717) is 0 Å². The SMILES string of the molecule is CC(=O)c1c(NCC#Cc2ccccc2)c2cc(Cl)cc(C(F)(F)F)c2[nH]c1=O. The van der Waals surface area contributed by atoms with Gasteiger partial charge < -0.3 is 10.3 Å². The number of carbonyl (C=O) groups excluding carboxylic acids is 1. The lowest BCUT2D eigenvalue weighted by Crippen LogP contribution is -2.21. The second-order valence-electron chi connectivity index (χ2n) is 6.16. The van der Waals surface area contributed by atoms with Crippen molar-refractivity contribution in [2.75, 3.05) is 11.9 Å². The van der Waals surface area contributed by atoms with Crippen LogP contribution in [-0.4, -0.2) is 17.3 Å². The number of H-pyrrole nitrogens is 1. The first-order valence-corrected chi connectivity index (χ1v) is 8.81. The predicted molar refractivity (Wildman–Crippen MR) is 106 cm³/mol. The van der Waals surface area contributed by atoms with E-state index in [1.807, 2.05) is 18.2 Å². The van der Waals surface area contributed by atoms with Crippen molar-refractivity contribution in [2.45, 2.75) is 13.1 Å². The van der Waals surface area contributed by atoms with Gasteiger partial charge in [0.2, 0.25) is 0 Å². The molecule has 3 rings (SSSR count). The molecule has 4 nitrogen and oxygen atoms in total. The first kappa shape index (κ1) is 20.5. The van der Waals surface area contributed by atoms with Gasteiger partial charge in [-0.15, -0.1) is 0 Å². The van der Waals surface area contributed by atoms with Gasteiger partial charge in [0, 0.05) is 16.0 Å². The summed E-state index contributed by atoms with van der Waals surface area (Å²) in [5.74, 6) is 5.11. The molecule has 0 aliphatic carbocycles. The minimum absolute atomic E-state index is 0.00158. The molecular weight excluding hydrogens is 405 g/mol. The van der Waals surface area contributed by atoms with E-state index in [0.717, 1.165) is 18.6 Å². The minimum atomic E-state index is -4.74. The van der Waals surface area contributed by atoms with E-state index in [2.05, 4.69) is 22.1 Å². The van der Waals surface area contributed by atoms with Gasteiger partial charge in [0.1, 0.15) is 5.56 Å². The first-order chi connectivity index (χ1) is 13.7. The number of hydrogen-bond donors (Lipinski definition) is 2. The molecule has 29 heavy (non-hydrogen) atoms. The van der Waals surface area contributed by atoms with Crippen LogP contribution >= 0.6 is 11.6 Å². The smallest absolute Gasteiger partial charge is 0.373 e. The highest BCUT2D eigenvalue weighted by atomic mass is 35.5. The lowest BCUT2D eigenvalue weighted by atomic mass is 10.0. The molecule has 0 radical (unpaired) electrons. The zero-order chi connectivity index (χ0) is 21.2. The van der Waals surface area contributed by atoms with E-state index in [1.54, 1.807) is 12.1 Å². The third-order valence-corrected chi connectivity index (χ3v) is 4.32. The summed E-state index contributed by atoms with van der Waals surface area (Å²) in [5.41, 5.74) is -2.03. The van der Waals surface area contributed by atoms with Gasteiger partial charge in [0.15, 0.2) is 5.78 Å². The number of anilines is 1. The number of aromatic nitrogens is 1. The van der Waals surface area contributed by atoms with Crippen molar-refractivity contribution in [2.24, 2.45) is 0 Å². The Bertz CT molecular complexity index is 1210. The van der Waals surface area contributed by atoms with E-state index in [4.69, 9.17) is 11.6 Å². The lowest BCUT2D eigenvalue weighted by Gasteiger charge is -2.16. The summed E-state index contributed by atoms with van der Waals surface area (Å²) in [4.78, 5) is 26.5. The molecule has 0 fully saturated rings. The van der Waals surface area contributed by atoms with E-state index in [9.17, 15) is 22.8 Å². The van der Waals surface area contributed by atoms with Crippen LogP contribution in [-0.2, 0) is 6.18 Å². The maximum atomic E-state index is 13.4. The number of Topliss-reactive ketones (excluding diaryl/α,β-unsaturated/α-hetero) is 1. The number of rotatable bonds is 3. The van der Waals surface area contributed by atoms with Crippen LogP contribution in [0.2, 0.25) is 5.02 Å². The Morgan fingerprint density at radius 2 is 1.90 bits per heavy atom. The summed E-state index contributed by atoms with van der Waals surface area (Å²) in [6, 6.07) is 11.1. The quantitative estimate of drug-likeness (QED) is 0.471. The van der Waals surface area contributed by atoms with Crippen LogP contribution in [0.1, 0.15) is 28.4 Å². The number of halogens is 4. The second-order valence-corrected chi connectivity index (χ2v) is 6.59. The summed E-state index contributed by atoms with van der Waals surface area (Å²) < 4.78 is 40.3. The molecule has 0 aliphatic rings. The zero-order valence-corrected chi connectivity index (χ0v) is 15.8. The number of alkyl halides is 3. The fourth-order valence-electron chi connectivity index (χ4n) is 2.91. The van der Waals surface area contributed by atoms with Gasteiger partial charge in [0.05, 0.1) is 23.3 Å². The molecule has 0 saturated carbocycles. The summed E-state index contributed by atoms with van der Waals surface area (Å²) in [7, 11) is 0. The molecule has 148 valence electrons. The third kappa shape index (κ3) is 4.44. The van der Waals surface area contributed by atoms with Crippen molar-refractivity contribution in [3.63, 3.8) is 0 Å². The van der Waals surface area contributed by atoms with Gasteiger partial charge in [0.25, 0.3) is 5.56 Å². The molecule has 2 aromatic carbocycles. The van der Waals surface area contributed by atoms with Gasteiger partial charge >= 0.3 is 6.18 Å². The molecular formula is C21H14ClF3N2O2. The van der Waals surface area contributed by atoms with Gasteiger partial charge in [-0.1, -0.05) is 41.6 Å². The maximum Gasteiger partial charge on any atom is 0.418 e. The molecule has 0 spiro atoms. The molecule has 0 saturated heterocycles. The van der Waals surface area contributed by atoms with Gasteiger partial charge in [-0.25, -0.2) is 0 Å².